The third kappa shape index (κ3) is 3.34. The molecule has 0 aliphatic carbocycles. The Morgan fingerprint density at radius 1 is 1.17 bits per heavy atom. The van der Waals surface area contributed by atoms with Gasteiger partial charge >= 0.3 is 18.3 Å². The van der Waals surface area contributed by atoms with Crippen LogP contribution in [0.4, 0.5) is 26.3 Å². The molecule has 1 heterocycles. The predicted molar refractivity (Wildman–Crippen MR) is 45.6 cm³/mol. The van der Waals surface area contributed by atoms with Crippen molar-refractivity contribution in [2.45, 2.75) is 18.8 Å². The molecule has 1 N–H and O–H groups in total. The number of alkyl halides is 6. The molecule has 3 nitrogen and oxygen atoms in total. The molecule has 0 saturated carbocycles. The molecule has 1 aromatic heterocycles. The van der Waals surface area contributed by atoms with Crippen LogP contribution in [0.1, 0.15) is 16.8 Å². The first-order valence-corrected chi connectivity index (χ1v) is 4.37. The Morgan fingerprint density at radius 2 is 1.72 bits per heavy atom. The first kappa shape index (κ1) is 14.3. The molecule has 18 heavy (non-hydrogen) atoms. The largest absolute Gasteiger partial charge is 0.481 e. The average Bonchev–Trinajstić information content (AvgIpc) is 2.13. The van der Waals surface area contributed by atoms with Crippen LogP contribution in [-0.2, 0) is 23.6 Å². The SMILES string of the molecule is O=C(O)Cc1cnc(C(F)(F)F)c(C(F)(F)F)c1. The lowest BCUT2D eigenvalue weighted by Gasteiger charge is -2.15. The normalized spacial score (nSPS) is 12.6. The van der Waals surface area contributed by atoms with Crippen molar-refractivity contribution in [3.8, 4) is 0 Å². The smallest absolute Gasteiger partial charge is 0.433 e. The minimum Gasteiger partial charge on any atom is -0.481 e. The van der Waals surface area contributed by atoms with Crippen LogP contribution < -0.4 is 0 Å². The summed E-state index contributed by atoms with van der Waals surface area (Å²) in [6.07, 6.45) is -10.9. The molecule has 100 valence electrons. The van der Waals surface area contributed by atoms with Crippen LogP contribution in [0.3, 0.4) is 0 Å². The quantitative estimate of drug-likeness (QED) is 0.843. The first-order chi connectivity index (χ1) is 8.01. The fourth-order valence-electron chi connectivity index (χ4n) is 1.22. The summed E-state index contributed by atoms with van der Waals surface area (Å²) >= 11 is 0. The van der Waals surface area contributed by atoms with E-state index in [4.69, 9.17) is 5.11 Å². The maximum absolute atomic E-state index is 12.4. The molecule has 0 amide bonds. The van der Waals surface area contributed by atoms with Gasteiger partial charge in [-0.3, -0.25) is 9.78 Å². The molecule has 0 aliphatic rings. The predicted octanol–water partition coefficient (Wildman–Crippen LogP) is 2.75. The highest BCUT2D eigenvalue weighted by Gasteiger charge is 2.44. The highest BCUT2D eigenvalue weighted by molar-refractivity contribution is 5.70. The van der Waals surface area contributed by atoms with E-state index < -0.39 is 41.6 Å². The van der Waals surface area contributed by atoms with Crippen molar-refractivity contribution in [3.05, 3.63) is 29.1 Å². The van der Waals surface area contributed by atoms with Gasteiger partial charge in [-0.1, -0.05) is 0 Å². The zero-order valence-electron chi connectivity index (χ0n) is 8.43. The molecule has 1 rings (SSSR count). The lowest BCUT2D eigenvalue weighted by molar-refractivity contribution is -0.164. The summed E-state index contributed by atoms with van der Waals surface area (Å²) in [7, 11) is 0. The monoisotopic (exact) mass is 273 g/mol. The number of carbonyl (C=O) groups is 1. The van der Waals surface area contributed by atoms with Crippen molar-refractivity contribution in [2.75, 3.05) is 0 Å². The highest BCUT2D eigenvalue weighted by atomic mass is 19.4. The van der Waals surface area contributed by atoms with E-state index >= 15 is 0 Å². The topological polar surface area (TPSA) is 50.2 Å². The van der Waals surface area contributed by atoms with Gasteiger partial charge in [0.15, 0.2) is 5.69 Å². The lowest BCUT2D eigenvalue weighted by atomic mass is 10.1. The van der Waals surface area contributed by atoms with E-state index in [0.717, 1.165) is 0 Å². The van der Waals surface area contributed by atoms with E-state index in [1.807, 2.05) is 0 Å². The standard InChI is InChI=1S/C9H5F6NO2/c10-8(11,12)5-1-4(2-6(17)18)3-16-7(5)9(13,14)15/h1,3H,2H2,(H,17,18). The number of nitrogens with zero attached hydrogens (tertiary/aromatic N) is 1. The molecule has 0 saturated heterocycles. The maximum Gasteiger partial charge on any atom is 0.433 e. The van der Waals surface area contributed by atoms with Crippen molar-refractivity contribution >= 4 is 5.97 Å². The van der Waals surface area contributed by atoms with Gasteiger partial charge in [-0.15, -0.1) is 0 Å². The van der Waals surface area contributed by atoms with Crippen molar-refractivity contribution < 1.29 is 36.2 Å². The van der Waals surface area contributed by atoms with Crippen molar-refractivity contribution in [3.63, 3.8) is 0 Å². The third-order valence-corrected chi connectivity index (χ3v) is 1.87. The minimum atomic E-state index is -5.26. The van der Waals surface area contributed by atoms with Crippen LogP contribution in [0, 0.1) is 0 Å². The van der Waals surface area contributed by atoms with Crippen LogP contribution >= 0.6 is 0 Å². The van der Waals surface area contributed by atoms with Crippen LogP contribution in [0.5, 0.6) is 0 Å². The highest BCUT2D eigenvalue weighted by Crippen LogP contribution is 2.39. The van der Waals surface area contributed by atoms with Gasteiger partial charge in [0.25, 0.3) is 0 Å². The number of hydrogen-bond acceptors (Lipinski definition) is 2. The molecule has 0 unspecified atom stereocenters. The Morgan fingerprint density at radius 3 is 2.11 bits per heavy atom. The number of carboxylic acid groups (broad SMARTS) is 1. The summed E-state index contributed by atoms with van der Waals surface area (Å²) in [6.45, 7) is 0. The Labute approximate surface area is 96.1 Å². The fourth-order valence-corrected chi connectivity index (χ4v) is 1.22. The second-order valence-corrected chi connectivity index (χ2v) is 3.31. The lowest BCUT2D eigenvalue weighted by Crippen LogP contribution is -2.19. The number of rotatable bonds is 2. The van der Waals surface area contributed by atoms with E-state index in [1.165, 1.54) is 0 Å². The Bertz CT molecular complexity index is 465. The molecule has 0 bridgehead atoms. The summed E-state index contributed by atoms with van der Waals surface area (Å²) in [5, 5.41) is 8.36. The number of pyridine rings is 1. The molecule has 0 atom stereocenters. The summed E-state index contributed by atoms with van der Waals surface area (Å²) in [4.78, 5) is 12.9. The first-order valence-electron chi connectivity index (χ1n) is 4.37. The Kier molecular flexibility index (Phi) is 3.54. The molecular weight excluding hydrogens is 268 g/mol. The van der Waals surface area contributed by atoms with Gasteiger partial charge in [-0.25, -0.2) is 0 Å². The zero-order chi connectivity index (χ0) is 14.1. The van der Waals surface area contributed by atoms with Gasteiger partial charge < -0.3 is 5.11 Å². The molecule has 1 aromatic rings. The molecular formula is C9H5F6NO2. The van der Waals surface area contributed by atoms with Crippen LogP contribution in [0.25, 0.3) is 0 Å². The van der Waals surface area contributed by atoms with Gasteiger partial charge in [-0.2, -0.15) is 26.3 Å². The van der Waals surface area contributed by atoms with Gasteiger partial charge in [0, 0.05) is 6.20 Å². The maximum atomic E-state index is 12.4. The van der Waals surface area contributed by atoms with Crippen molar-refractivity contribution in [1.29, 1.82) is 0 Å². The minimum absolute atomic E-state index is 0.143. The molecule has 0 fully saturated rings. The summed E-state index contributed by atoms with van der Waals surface area (Å²) in [5.74, 6) is -1.47. The molecule has 0 spiro atoms. The van der Waals surface area contributed by atoms with Gasteiger partial charge in [0.1, 0.15) is 0 Å². The number of aromatic nitrogens is 1. The fraction of sp³-hybridized carbons (Fsp3) is 0.333. The zero-order valence-corrected chi connectivity index (χ0v) is 8.43. The molecule has 0 aliphatic heterocycles. The van der Waals surface area contributed by atoms with E-state index in [2.05, 4.69) is 4.98 Å². The Hall–Kier alpha value is -1.80. The molecule has 9 heteroatoms. The average molecular weight is 273 g/mol. The summed E-state index contributed by atoms with van der Waals surface area (Å²) < 4.78 is 74.1. The Balaban J connectivity index is 3.35. The summed E-state index contributed by atoms with van der Waals surface area (Å²) in [6, 6.07) is 0.143. The third-order valence-electron chi connectivity index (χ3n) is 1.87. The second kappa shape index (κ2) is 4.46. The number of halogens is 6. The molecule has 0 radical (unpaired) electrons. The van der Waals surface area contributed by atoms with E-state index in [0.29, 0.717) is 6.20 Å². The van der Waals surface area contributed by atoms with Crippen LogP contribution in [0.2, 0.25) is 0 Å². The van der Waals surface area contributed by atoms with E-state index in [1.54, 1.807) is 0 Å². The van der Waals surface area contributed by atoms with Gasteiger partial charge in [0.2, 0.25) is 0 Å². The van der Waals surface area contributed by atoms with Crippen LogP contribution in [-0.4, -0.2) is 16.1 Å². The van der Waals surface area contributed by atoms with E-state index in [9.17, 15) is 31.1 Å². The van der Waals surface area contributed by atoms with E-state index in [-0.39, 0.29) is 6.07 Å². The van der Waals surface area contributed by atoms with Gasteiger partial charge in [0.05, 0.1) is 12.0 Å². The molecule has 0 aromatic carbocycles. The van der Waals surface area contributed by atoms with Gasteiger partial charge in [-0.05, 0) is 11.6 Å². The van der Waals surface area contributed by atoms with Crippen LogP contribution in [0.15, 0.2) is 12.3 Å². The number of hydrogen-bond donors (Lipinski definition) is 1. The van der Waals surface area contributed by atoms with Crippen molar-refractivity contribution in [1.82, 2.24) is 4.98 Å². The number of carboxylic acids is 1. The second-order valence-electron chi connectivity index (χ2n) is 3.31. The summed E-state index contributed by atoms with van der Waals surface area (Å²) in [5.41, 5.74) is -4.53. The van der Waals surface area contributed by atoms with Crippen molar-refractivity contribution in [2.24, 2.45) is 0 Å². The number of aliphatic carboxylic acids is 1.